The molecule has 2 N–H and O–H groups in total. The van der Waals surface area contributed by atoms with Crippen LogP contribution in [0.15, 0.2) is 24.3 Å². The van der Waals surface area contributed by atoms with E-state index in [-0.39, 0.29) is 0 Å². The average Bonchev–Trinajstić information content (AvgIpc) is 2.38. The van der Waals surface area contributed by atoms with Crippen LogP contribution < -0.4 is 5.32 Å². The van der Waals surface area contributed by atoms with Crippen molar-refractivity contribution in [2.45, 2.75) is 32.7 Å². The topological polar surface area (TPSA) is 69.6 Å². The third kappa shape index (κ3) is 3.47. The van der Waals surface area contributed by atoms with E-state index in [0.717, 1.165) is 6.42 Å². The first-order chi connectivity index (χ1) is 8.78. The van der Waals surface area contributed by atoms with Crippen LogP contribution in [-0.4, -0.2) is 34.6 Å². The molecule has 104 valence electrons. The van der Waals surface area contributed by atoms with Gasteiger partial charge in [-0.2, -0.15) is 0 Å². The maximum Gasteiger partial charge on any atom is 0.329 e. The second-order valence-electron chi connectivity index (χ2n) is 4.90. The molecule has 1 rings (SSSR count). The molecular formula is C14H20N2O3. The second kappa shape index (κ2) is 5.73. The van der Waals surface area contributed by atoms with Gasteiger partial charge in [-0.25, -0.2) is 9.59 Å². The molecule has 0 radical (unpaired) electrons. The van der Waals surface area contributed by atoms with Crippen molar-refractivity contribution in [1.29, 1.82) is 0 Å². The van der Waals surface area contributed by atoms with E-state index in [9.17, 15) is 9.59 Å². The Morgan fingerprint density at radius 1 is 1.26 bits per heavy atom. The van der Waals surface area contributed by atoms with E-state index < -0.39 is 17.5 Å². The highest BCUT2D eigenvalue weighted by atomic mass is 16.4. The number of urea groups is 1. The van der Waals surface area contributed by atoms with Gasteiger partial charge in [-0.05, 0) is 38.0 Å². The monoisotopic (exact) mass is 264 g/mol. The normalized spacial score (nSPS) is 10.9. The number of hydrogen-bond acceptors (Lipinski definition) is 2. The molecule has 0 aliphatic rings. The lowest BCUT2D eigenvalue weighted by atomic mass is 10.1. The van der Waals surface area contributed by atoms with Crippen LogP contribution in [0.5, 0.6) is 0 Å². The van der Waals surface area contributed by atoms with Crippen LogP contribution in [0.3, 0.4) is 0 Å². The number of aryl methyl sites for hydroxylation is 1. The number of benzene rings is 1. The minimum absolute atomic E-state index is 0.448. The predicted molar refractivity (Wildman–Crippen MR) is 74.3 cm³/mol. The van der Waals surface area contributed by atoms with Gasteiger partial charge in [0.15, 0.2) is 0 Å². The van der Waals surface area contributed by atoms with Crippen molar-refractivity contribution in [3.8, 4) is 0 Å². The average molecular weight is 264 g/mol. The molecule has 1 aromatic carbocycles. The van der Waals surface area contributed by atoms with Crippen LogP contribution in [0, 0.1) is 0 Å². The van der Waals surface area contributed by atoms with Crippen molar-refractivity contribution in [3.05, 3.63) is 29.8 Å². The Hall–Kier alpha value is -2.04. The number of hydrogen-bond donors (Lipinski definition) is 2. The van der Waals surface area contributed by atoms with Crippen molar-refractivity contribution in [2.24, 2.45) is 0 Å². The number of carboxylic acid groups (broad SMARTS) is 1. The maximum absolute atomic E-state index is 12.0. The molecule has 19 heavy (non-hydrogen) atoms. The second-order valence-corrected chi connectivity index (χ2v) is 4.90. The smallest absolute Gasteiger partial charge is 0.329 e. The molecule has 2 amide bonds. The van der Waals surface area contributed by atoms with E-state index in [2.05, 4.69) is 12.2 Å². The van der Waals surface area contributed by atoms with Crippen LogP contribution in [0.2, 0.25) is 0 Å². The van der Waals surface area contributed by atoms with E-state index in [0.29, 0.717) is 5.69 Å². The highest BCUT2D eigenvalue weighted by Crippen LogP contribution is 2.16. The first-order valence-electron chi connectivity index (χ1n) is 6.16. The summed E-state index contributed by atoms with van der Waals surface area (Å²) in [5.41, 5.74) is 0.570. The summed E-state index contributed by atoms with van der Waals surface area (Å²) in [4.78, 5) is 24.2. The third-order valence-corrected chi connectivity index (χ3v) is 3.28. The maximum atomic E-state index is 12.0. The Bertz CT molecular complexity index is 466. The molecular weight excluding hydrogens is 244 g/mol. The van der Waals surface area contributed by atoms with Crippen LogP contribution in [0.4, 0.5) is 10.5 Å². The van der Waals surface area contributed by atoms with Gasteiger partial charge in [0, 0.05) is 12.7 Å². The van der Waals surface area contributed by atoms with Gasteiger partial charge >= 0.3 is 12.0 Å². The minimum atomic E-state index is -1.26. The Morgan fingerprint density at radius 2 is 1.79 bits per heavy atom. The van der Waals surface area contributed by atoms with Gasteiger partial charge in [0.25, 0.3) is 0 Å². The van der Waals surface area contributed by atoms with Crippen molar-refractivity contribution in [3.63, 3.8) is 0 Å². The molecule has 0 fully saturated rings. The fourth-order valence-corrected chi connectivity index (χ4v) is 1.43. The van der Waals surface area contributed by atoms with Crippen molar-refractivity contribution < 1.29 is 14.7 Å². The fourth-order valence-electron chi connectivity index (χ4n) is 1.43. The molecule has 0 aliphatic heterocycles. The highest BCUT2D eigenvalue weighted by Gasteiger charge is 2.35. The standard InChI is InChI=1S/C14H20N2O3/c1-5-10-6-8-11(9-7-10)15-13(19)16(4)14(2,3)12(17)18/h6-9H,5H2,1-4H3,(H,15,19)(H,17,18). The number of anilines is 1. The third-order valence-electron chi connectivity index (χ3n) is 3.28. The van der Waals surface area contributed by atoms with Crippen molar-refractivity contribution >= 4 is 17.7 Å². The zero-order valence-corrected chi connectivity index (χ0v) is 11.7. The molecule has 5 nitrogen and oxygen atoms in total. The Kier molecular flexibility index (Phi) is 4.53. The number of aliphatic carboxylic acids is 1. The number of nitrogens with zero attached hydrogens (tertiary/aromatic N) is 1. The quantitative estimate of drug-likeness (QED) is 0.878. The van der Waals surface area contributed by atoms with E-state index in [1.165, 1.54) is 31.4 Å². The highest BCUT2D eigenvalue weighted by molar-refractivity contribution is 5.93. The van der Waals surface area contributed by atoms with E-state index in [1.54, 1.807) is 12.1 Å². The molecule has 1 aromatic rings. The summed E-state index contributed by atoms with van der Waals surface area (Å²) in [5, 5.41) is 11.8. The molecule has 5 heteroatoms. The van der Waals surface area contributed by atoms with Gasteiger partial charge < -0.3 is 15.3 Å². The lowest BCUT2D eigenvalue weighted by Gasteiger charge is -2.31. The van der Waals surface area contributed by atoms with Crippen LogP contribution in [0.25, 0.3) is 0 Å². The van der Waals surface area contributed by atoms with Gasteiger partial charge in [-0.15, -0.1) is 0 Å². The number of amides is 2. The SMILES string of the molecule is CCc1ccc(NC(=O)N(C)C(C)(C)C(=O)O)cc1. The van der Waals surface area contributed by atoms with Crippen LogP contribution in [-0.2, 0) is 11.2 Å². The molecule has 0 aliphatic carbocycles. The molecule has 0 saturated heterocycles. The minimum Gasteiger partial charge on any atom is -0.480 e. The van der Waals surface area contributed by atoms with Crippen LogP contribution >= 0.6 is 0 Å². The number of carbonyl (C=O) groups is 2. The lowest BCUT2D eigenvalue weighted by Crippen LogP contribution is -2.52. The van der Waals surface area contributed by atoms with Gasteiger partial charge in [0.1, 0.15) is 5.54 Å². The van der Waals surface area contributed by atoms with Gasteiger partial charge in [0.2, 0.25) is 0 Å². The van der Waals surface area contributed by atoms with Gasteiger partial charge in [-0.3, -0.25) is 0 Å². The summed E-state index contributed by atoms with van der Waals surface area (Å²) < 4.78 is 0. The molecule has 0 heterocycles. The first kappa shape index (κ1) is 15.0. The van der Waals surface area contributed by atoms with Crippen molar-refractivity contribution in [1.82, 2.24) is 4.90 Å². The summed E-state index contributed by atoms with van der Waals surface area (Å²) in [6.07, 6.45) is 0.931. The number of carboxylic acids is 1. The Morgan fingerprint density at radius 3 is 2.21 bits per heavy atom. The number of nitrogens with one attached hydrogen (secondary N) is 1. The molecule has 0 aromatic heterocycles. The first-order valence-corrected chi connectivity index (χ1v) is 6.16. The zero-order valence-electron chi connectivity index (χ0n) is 11.7. The molecule has 0 spiro atoms. The summed E-state index contributed by atoms with van der Waals surface area (Å²) >= 11 is 0. The molecule has 0 atom stereocenters. The largest absolute Gasteiger partial charge is 0.480 e. The summed E-state index contributed by atoms with van der Waals surface area (Å²) in [6.45, 7) is 5.01. The van der Waals surface area contributed by atoms with E-state index in [4.69, 9.17) is 5.11 Å². The zero-order chi connectivity index (χ0) is 14.6. The van der Waals surface area contributed by atoms with E-state index >= 15 is 0 Å². The summed E-state index contributed by atoms with van der Waals surface area (Å²) in [5.74, 6) is -1.05. The summed E-state index contributed by atoms with van der Waals surface area (Å²) in [7, 11) is 1.46. The van der Waals surface area contributed by atoms with Crippen molar-refractivity contribution in [2.75, 3.05) is 12.4 Å². The van der Waals surface area contributed by atoms with Gasteiger partial charge in [0.05, 0.1) is 0 Å². The van der Waals surface area contributed by atoms with Gasteiger partial charge in [-0.1, -0.05) is 19.1 Å². The fraction of sp³-hybridized carbons (Fsp3) is 0.429. The Balaban J connectivity index is 2.76. The molecule has 0 bridgehead atoms. The van der Waals surface area contributed by atoms with E-state index in [1.807, 2.05) is 12.1 Å². The number of likely N-dealkylation sites (N-methyl/N-ethyl adjacent to an activating group) is 1. The Labute approximate surface area is 113 Å². The molecule has 0 saturated carbocycles. The lowest BCUT2D eigenvalue weighted by molar-refractivity contribution is -0.146. The number of carbonyl (C=O) groups excluding carboxylic acids is 1. The predicted octanol–water partition coefficient (Wildman–Crippen LogP) is 2.58. The molecule has 0 unspecified atom stereocenters. The number of rotatable bonds is 4. The summed E-state index contributed by atoms with van der Waals surface area (Å²) in [6, 6.07) is 7.02. The van der Waals surface area contributed by atoms with Crippen LogP contribution in [0.1, 0.15) is 26.3 Å².